The van der Waals surface area contributed by atoms with Gasteiger partial charge in [0.2, 0.25) is 5.91 Å². The summed E-state index contributed by atoms with van der Waals surface area (Å²) < 4.78 is 0. The number of rotatable bonds is 3. The molecular weight excluding hydrogens is 294 g/mol. The second-order valence-corrected chi connectivity index (χ2v) is 8.13. The standard InChI is InChI=1S/C18H23NO2S/c20-10-15-12-5-6-13(9-12)16(15)19-18(21)17-14-4-2-1-3-11(14)7-8-22-17/h1-4,12-13,15-17,20H,5-10H2,(H,19,21). The molecule has 4 heteroatoms. The predicted octanol–water partition coefficient (Wildman–Crippen LogP) is 2.54. The first-order chi connectivity index (χ1) is 10.8. The lowest BCUT2D eigenvalue weighted by Gasteiger charge is -2.32. The third-order valence-corrected chi connectivity index (χ3v) is 7.08. The molecule has 0 aromatic heterocycles. The van der Waals surface area contributed by atoms with Crippen LogP contribution >= 0.6 is 11.8 Å². The summed E-state index contributed by atoms with van der Waals surface area (Å²) in [6, 6.07) is 8.51. The van der Waals surface area contributed by atoms with E-state index in [1.165, 1.54) is 30.4 Å². The van der Waals surface area contributed by atoms with E-state index in [2.05, 4.69) is 23.5 Å². The molecule has 1 aromatic rings. The highest BCUT2D eigenvalue weighted by Crippen LogP contribution is 2.48. The topological polar surface area (TPSA) is 49.3 Å². The Morgan fingerprint density at radius 2 is 2.09 bits per heavy atom. The van der Waals surface area contributed by atoms with Gasteiger partial charge in [-0.15, -0.1) is 11.8 Å². The van der Waals surface area contributed by atoms with Crippen molar-refractivity contribution in [2.75, 3.05) is 12.4 Å². The van der Waals surface area contributed by atoms with E-state index in [9.17, 15) is 9.90 Å². The maximum atomic E-state index is 12.8. The summed E-state index contributed by atoms with van der Waals surface area (Å²) in [6.07, 6.45) is 4.67. The molecule has 0 saturated heterocycles. The van der Waals surface area contributed by atoms with Gasteiger partial charge < -0.3 is 10.4 Å². The lowest BCUT2D eigenvalue weighted by molar-refractivity contribution is -0.122. The van der Waals surface area contributed by atoms with E-state index in [4.69, 9.17) is 0 Å². The number of amides is 1. The number of aliphatic hydroxyl groups is 1. The summed E-state index contributed by atoms with van der Waals surface area (Å²) in [5, 5.41) is 12.9. The lowest BCUT2D eigenvalue weighted by atomic mass is 9.85. The first kappa shape index (κ1) is 14.6. The molecule has 2 saturated carbocycles. The summed E-state index contributed by atoms with van der Waals surface area (Å²) >= 11 is 1.75. The number of fused-ring (bicyclic) bond motifs is 3. The zero-order valence-electron chi connectivity index (χ0n) is 12.7. The van der Waals surface area contributed by atoms with E-state index in [0.29, 0.717) is 11.8 Å². The molecule has 0 radical (unpaired) electrons. The van der Waals surface area contributed by atoms with E-state index >= 15 is 0 Å². The normalized spacial score (nSPS) is 36.1. The van der Waals surface area contributed by atoms with Crippen molar-refractivity contribution in [3.05, 3.63) is 35.4 Å². The highest BCUT2D eigenvalue weighted by Gasteiger charge is 2.48. The van der Waals surface area contributed by atoms with Crippen molar-refractivity contribution in [1.29, 1.82) is 0 Å². The number of carbonyl (C=O) groups excluding carboxylic acids is 1. The van der Waals surface area contributed by atoms with Crippen LogP contribution in [0.5, 0.6) is 0 Å². The SMILES string of the molecule is O=C(NC1C2CCC(C2)C1CO)C1SCCc2ccccc21. The van der Waals surface area contributed by atoms with Gasteiger partial charge in [-0.1, -0.05) is 24.3 Å². The predicted molar refractivity (Wildman–Crippen MR) is 88.7 cm³/mol. The van der Waals surface area contributed by atoms with Crippen LogP contribution < -0.4 is 5.32 Å². The summed E-state index contributed by atoms with van der Waals surface area (Å²) in [5.41, 5.74) is 2.49. The molecule has 1 aromatic carbocycles. The zero-order valence-corrected chi connectivity index (χ0v) is 13.5. The Hall–Kier alpha value is -1.00. The Labute approximate surface area is 135 Å². The minimum absolute atomic E-state index is 0.0802. The Bertz CT molecular complexity index is 576. The molecule has 1 aliphatic heterocycles. The Morgan fingerprint density at radius 1 is 1.27 bits per heavy atom. The van der Waals surface area contributed by atoms with Crippen molar-refractivity contribution in [2.24, 2.45) is 17.8 Å². The molecular formula is C18H23NO2S. The summed E-state index contributed by atoms with van der Waals surface area (Å²) in [5.74, 6) is 2.62. The third kappa shape index (κ3) is 2.37. The summed E-state index contributed by atoms with van der Waals surface area (Å²) in [7, 11) is 0. The van der Waals surface area contributed by atoms with Gasteiger partial charge in [-0.25, -0.2) is 0 Å². The van der Waals surface area contributed by atoms with Gasteiger partial charge in [-0.2, -0.15) is 0 Å². The van der Waals surface area contributed by atoms with Gasteiger partial charge in [0.1, 0.15) is 5.25 Å². The fourth-order valence-electron chi connectivity index (χ4n) is 4.75. The van der Waals surface area contributed by atoms with Crippen molar-refractivity contribution in [3.8, 4) is 0 Å². The number of hydrogen-bond acceptors (Lipinski definition) is 3. The molecule has 3 aliphatic rings. The first-order valence-corrected chi connectivity index (χ1v) is 9.43. The highest BCUT2D eigenvalue weighted by molar-refractivity contribution is 8.00. The number of nitrogens with one attached hydrogen (secondary N) is 1. The van der Waals surface area contributed by atoms with Crippen LogP contribution in [-0.2, 0) is 11.2 Å². The van der Waals surface area contributed by atoms with Gasteiger partial charge in [0.25, 0.3) is 0 Å². The molecule has 2 N–H and O–H groups in total. The minimum Gasteiger partial charge on any atom is -0.396 e. The van der Waals surface area contributed by atoms with Crippen molar-refractivity contribution >= 4 is 17.7 Å². The van der Waals surface area contributed by atoms with Crippen LogP contribution in [0.25, 0.3) is 0 Å². The van der Waals surface area contributed by atoms with Gasteiger partial charge in [-0.3, -0.25) is 4.79 Å². The van der Waals surface area contributed by atoms with Crippen LogP contribution in [0.1, 0.15) is 35.6 Å². The largest absolute Gasteiger partial charge is 0.396 e. The van der Waals surface area contributed by atoms with Crippen LogP contribution in [0.15, 0.2) is 24.3 Å². The van der Waals surface area contributed by atoms with Crippen molar-refractivity contribution in [2.45, 2.75) is 37.0 Å². The van der Waals surface area contributed by atoms with Crippen molar-refractivity contribution < 1.29 is 9.90 Å². The average molecular weight is 317 g/mol. The number of benzene rings is 1. The van der Waals surface area contributed by atoms with E-state index in [0.717, 1.165) is 12.2 Å². The molecule has 2 aliphatic carbocycles. The number of carbonyl (C=O) groups is 1. The van der Waals surface area contributed by atoms with Crippen molar-refractivity contribution in [1.82, 2.24) is 5.32 Å². The maximum Gasteiger partial charge on any atom is 0.237 e. The highest BCUT2D eigenvalue weighted by atomic mass is 32.2. The Balaban J connectivity index is 1.51. The molecule has 4 rings (SSSR count). The van der Waals surface area contributed by atoms with Gasteiger partial charge in [0.05, 0.1) is 0 Å². The van der Waals surface area contributed by atoms with Crippen LogP contribution in [-0.4, -0.2) is 29.4 Å². The zero-order chi connectivity index (χ0) is 15.1. The van der Waals surface area contributed by atoms with E-state index in [-0.39, 0.29) is 29.7 Å². The molecule has 1 amide bonds. The van der Waals surface area contributed by atoms with Gasteiger partial charge in [0, 0.05) is 18.6 Å². The van der Waals surface area contributed by atoms with E-state index in [1.54, 1.807) is 11.8 Å². The number of thioether (sulfide) groups is 1. The van der Waals surface area contributed by atoms with Crippen LogP contribution in [0.2, 0.25) is 0 Å². The average Bonchev–Trinajstić information content (AvgIpc) is 3.15. The van der Waals surface area contributed by atoms with E-state index < -0.39 is 0 Å². The van der Waals surface area contributed by atoms with Crippen LogP contribution in [0.3, 0.4) is 0 Å². The molecule has 1 heterocycles. The molecule has 3 nitrogen and oxygen atoms in total. The maximum absolute atomic E-state index is 12.8. The molecule has 0 spiro atoms. The third-order valence-electron chi connectivity index (χ3n) is 5.84. The molecule has 2 bridgehead atoms. The number of hydrogen-bond donors (Lipinski definition) is 2. The summed E-state index contributed by atoms with van der Waals surface area (Å²) in [6.45, 7) is 0.209. The number of aryl methyl sites for hydroxylation is 1. The Kier molecular flexibility index (Phi) is 3.91. The lowest BCUT2D eigenvalue weighted by Crippen LogP contribution is -2.46. The van der Waals surface area contributed by atoms with Crippen LogP contribution in [0.4, 0.5) is 0 Å². The van der Waals surface area contributed by atoms with Gasteiger partial charge in [0.15, 0.2) is 0 Å². The van der Waals surface area contributed by atoms with Gasteiger partial charge in [-0.05, 0) is 54.4 Å². The molecule has 5 atom stereocenters. The summed E-state index contributed by atoms with van der Waals surface area (Å²) in [4.78, 5) is 12.8. The minimum atomic E-state index is -0.0802. The molecule has 5 unspecified atom stereocenters. The quantitative estimate of drug-likeness (QED) is 0.901. The molecule has 22 heavy (non-hydrogen) atoms. The van der Waals surface area contributed by atoms with Crippen LogP contribution in [0, 0.1) is 17.8 Å². The van der Waals surface area contributed by atoms with Crippen molar-refractivity contribution in [3.63, 3.8) is 0 Å². The fraction of sp³-hybridized carbons (Fsp3) is 0.611. The second-order valence-electron chi connectivity index (χ2n) is 6.91. The fourth-order valence-corrected chi connectivity index (χ4v) is 5.95. The molecule has 118 valence electrons. The number of aliphatic hydroxyl groups excluding tert-OH is 1. The van der Waals surface area contributed by atoms with E-state index in [1.807, 2.05) is 6.07 Å². The molecule has 2 fully saturated rings. The second kappa shape index (κ2) is 5.89. The smallest absolute Gasteiger partial charge is 0.237 e. The first-order valence-electron chi connectivity index (χ1n) is 8.38. The Morgan fingerprint density at radius 3 is 2.95 bits per heavy atom. The van der Waals surface area contributed by atoms with Gasteiger partial charge >= 0.3 is 0 Å². The monoisotopic (exact) mass is 317 g/mol.